The molecule has 2 aliphatic rings. The van der Waals surface area contributed by atoms with E-state index in [-0.39, 0.29) is 5.82 Å². The largest absolute Gasteiger partial charge is 0.369 e. The molecule has 0 N–H and O–H groups in total. The highest BCUT2D eigenvalue weighted by Gasteiger charge is 2.26. The van der Waals surface area contributed by atoms with Gasteiger partial charge in [-0.1, -0.05) is 12.8 Å². The molecule has 0 atom stereocenters. The van der Waals surface area contributed by atoms with Crippen LogP contribution in [-0.2, 0) is 5.88 Å². The number of alkyl halides is 1. The number of hydrogen-bond acceptors (Lipinski definition) is 2. The molecule has 1 aliphatic heterocycles. The summed E-state index contributed by atoms with van der Waals surface area (Å²) in [4.78, 5) is 4.98. The third kappa shape index (κ3) is 2.94. The third-order valence-electron chi connectivity index (χ3n) is 4.68. The van der Waals surface area contributed by atoms with E-state index in [9.17, 15) is 4.39 Å². The van der Waals surface area contributed by atoms with Gasteiger partial charge in [0.25, 0.3) is 0 Å². The van der Waals surface area contributed by atoms with Gasteiger partial charge < -0.3 is 4.90 Å². The zero-order valence-electron chi connectivity index (χ0n) is 11.8. The summed E-state index contributed by atoms with van der Waals surface area (Å²) >= 11 is 5.95. The first kappa shape index (κ1) is 14.2. The van der Waals surface area contributed by atoms with Gasteiger partial charge in [-0.05, 0) is 36.6 Å². The lowest BCUT2D eigenvalue weighted by molar-refractivity contribution is 0.187. The molecule has 1 heterocycles. The molecule has 0 unspecified atom stereocenters. The molecule has 1 saturated heterocycles. The van der Waals surface area contributed by atoms with Crippen molar-refractivity contribution in [2.24, 2.45) is 0 Å². The van der Waals surface area contributed by atoms with E-state index in [2.05, 4.69) is 9.80 Å². The van der Waals surface area contributed by atoms with Crippen molar-refractivity contribution in [3.63, 3.8) is 0 Å². The Labute approximate surface area is 125 Å². The maximum absolute atomic E-state index is 13.3. The van der Waals surface area contributed by atoms with Crippen LogP contribution in [0.25, 0.3) is 0 Å². The number of piperazine rings is 1. The van der Waals surface area contributed by atoms with E-state index < -0.39 is 0 Å². The zero-order valence-corrected chi connectivity index (χ0v) is 12.6. The molecule has 0 spiro atoms. The number of hydrogen-bond donors (Lipinski definition) is 0. The number of nitrogens with zero attached hydrogens (tertiary/aromatic N) is 2. The second-order valence-corrected chi connectivity index (χ2v) is 6.14. The summed E-state index contributed by atoms with van der Waals surface area (Å²) in [7, 11) is 0. The number of halogens is 2. The topological polar surface area (TPSA) is 6.48 Å². The van der Waals surface area contributed by atoms with Gasteiger partial charge in [0.1, 0.15) is 5.82 Å². The molecule has 2 nitrogen and oxygen atoms in total. The molecule has 1 aromatic rings. The standard InChI is InChI=1S/C16H22ClFN2/c17-12-13-11-14(18)5-6-16(13)20-9-7-19(8-10-20)15-3-1-2-4-15/h5-6,11,15H,1-4,7-10,12H2. The van der Waals surface area contributed by atoms with Crippen molar-refractivity contribution in [2.45, 2.75) is 37.6 Å². The van der Waals surface area contributed by atoms with Gasteiger partial charge in [0.2, 0.25) is 0 Å². The predicted octanol–water partition coefficient (Wildman–Crippen LogP) is 3.63. The minimum atomic E-state index is -0.200. The Morgan fingerprint density at radius 1 is 1.10 bits per heavy atom. The van der Waals surface area contributed by atoms with Crippen LogP contribution in [0, 0.1) is 5.82 Å². The van der Waals surface area contributed by atoms with E-state index in [1.165, 1.54) is 31.7 Å². The number of rotatable bonds is 3. The Bertz CT molecular complexity index is 452. The van der Waals surface area contributed by atoms with Crippen LogP contribution in [0.4, 0.5) is 10.1 Å². The van der Waals surface area contributed by atoms with Crippen molar-refractivity contribution >= 4 is 17.3 Å². The highest BCUT2D eigenvalue weighted by molar-refractivity contribution is 6.17. The smallest absolute Gasteiger partial charge is 0.123 e. The minimum Gasteiger partial charge on any atom is -0.369 e. The molecular formula is C16H22ClFN2. The van der Waals surface area contributed by atoms with Gasteiger partial charge in [-0.15, -0.1) is 11.6 Å². The maximum atomic E-state index is 13.3. The quantitative estimate of drug-likeness (QED) is 0.786. The molecule has 3 rings (SSSR count). The first-order valence-corrected chi connectivity index (χ1v) is 8.15. The molecule has 20 heavy (non-hydrogen) atoms. The van der Waals surface area contributed by atoms with Crippen LogP contribution in [0.2, 0.25) is 0 Å². The second-order valence-electron chi connectivity index (χ2n) is 5.87. The van der Waals surface area contributed by atoms with Gasteiger partial charge in [-0.2, -0.15) is 0 Å². The fourth-order valence-electron chi connectivity index (χ4n) is 3.57. The highest BCUT2D eigenvalue weighted by Crippen LogP contribution is 2.28. The molecule has 0 amide bonds. The van der Waals surface area contributed by atoms with E-state index >= 15 is 0 Å². The lowest BCUT2D eigenvalue weighted by Crippen LogP contribution is -2.50. The van der Waals surface area contributed by atoms with Gasteiger partial charge in [-0.3, -0.25) is 4.90 Å². The molecule has 0 radical (unpaired) electrons. The van der Waals surface area contributed by atoms with Crippen LogP contribution in [-0.4, -0.2) is 37.1 Å². The summed E-state index contributed by atoms with van der Waals surface area (Å²) in [5.74, 6) is 0.171. The molecule has 4 heteroatoms. The van der Waals surface area contributed by atoms with Crippen LogP contribution < -0.4 is 4.90 Å². The zero-order chi connectivity index (χ0) is 13.9. The molecular weight excluding hydrogens is 275 g/mol. The van der Waals surface area contributed by atoms with Crippen LogP contribution in [0.15, 0.2) is 18.2 Å². The Kier molecular flexibility index (Phi) is 4.47. The molecule has 110 valence electrons. The highest BCUT2D eigenvalue weighted by atomic mass is 35.5. The van der Waals surface area contributed by atoms with Crippen molar-refractivity contribution in [3.05, 3.63) is 29.6 Å². The third-order valence-corrected chi connectivity index (χ3v) is 4.97. The van der Waals surface area contributed by atoms with Crippen LogP contribution in [0.3, 0.4) is 0 Å². The van der Waals surface area contributed by atoms with Crippen molar-refractivity contribution in [2.75, 3.05) is 31.1 Å². The molecule has 0 aromatic heterocycles. The van der Waals surface area contributed by atoms with E-state index in [0.717, 1.165) is 43.5 Å². The fraction of sp³-hybridized carbons (Fsp3) is 0.625. The van der Waals surface area contributed by atoms with Gasteiger partial charge in [-0.25, -0.2) is 4.39 Å². The average molecular weight is 297 g/mol. The molecule has 0 bridgehead atoms. The van der Waals surface area contributed by atoms with E-state index in [0.29, 0.717) is 5.88 Å². The van der Waals surface area contributed by atoms with Gasteiger partial charge in [0, 0.05) is 43.8 Å². The summed E-state index contributed by atoms with van der Waals surface area (Å²) in [6, 6.07) is 5.77. The van der Waals surface area contributed by atoms with Crippen LogP contribution in [0.1, 0.15) is 31.2 Å². The molecule has 2 fully saturated rings. The lowest BCUT2D eigenvalue weighted by atomic mass is 10.1. The number of benzene rings is 1. The van der Waals surface area contributed by atoms with Gasteiger partial charge >= 0.3 is 0 Å². The summed E-state index contributed by atoms with van der Waals surface area (Å²) in [5.41, 5.74) is 2.01. The maximum Gasteiger partial charge on any atom is 0.123 e. The molecule has 1 saturated carbocycles. The van der Waals surface area contributed by atoms with Gasteiger partial charge in [0.05, 0.1) is 0 Å². The summed E-state index contributed by atoms with van der Waals surface area (Å²) < 4.78 is 13.3. The van der Waals surface area contributed by atoms with E-state index in [1.54, 1.807) is 6.07 Å². The average Bonchev–Trinajstić information content (AvgIpc) is 3.01. The molecule has 1 aromatic carbocycles. The number of anilines is 1. The van der Waals surface area contributed by atoms with E-state index in [4.69, 9.17) is 11.6 Å². The van der Waals surface area contributed by atoms with Crippen molar-refractivity contribution in [1.82, 2.24) is 4.90 Å². The lowest BCUT2D eigenvalue weighted by Gasteiger charge is -2.39. The Morgan fingerprint density at radius 3 is 2.45 bits per heavy atom. The SMILES string of the molecule is Fc1ccc(N2CCN(C3CCCC3)CC2)c(CCl)c1. The van der Waals surface area contributed by atoms with Crippen LogP contribution >= 0.6 is 11.6 Å². The first-order valence-electron chi connectivity index (χ1n) is 7.61. The predicted molar refractivity (Wildman–Crippen MR) is 82.0 cm³/mol. The van der Waals surface area contributed by atoms with Crippen molar-refractivity contribution in [3.8, 4) is 0 Å². The second kappa shape index (κ2) is 6.31. The van der Waals surface area contributed by atoms with E-state index in [1.807, 2.05) is 6.07 Å². The first-order chi connectivity index (χ1) is 9.78. The van der Waals surface area contributed by atoms with Crippen molar-refractivity contribution < 1.29 is 4.39 Å². The minimum absolute atomic E-state index is 0.200. The molecule has 1 aliphatic carbocycles. The summed E-state index contributed by atoms with van der Waals surface area (Å²) in [6.07, 6.45) is 5.51. The van der Waals surface area contributed by atoms with Gasteiger partial charge in [0.15, 0.2) is 0 Å². The fourth-order valence-corrected chi connectivity index (χ4v) is 3.78. The summed E-state index contributed by atoms with van der Waals surface area (Å²) in [6.45, 7) is 4.27. The Morgan fingerprint density at radius 2 is 1.80 bits per heavy atom. The Hall–Kier alpha value is -0.800. The Balaban J connectivity index is 1.65. The van der Waals surface area contributed by atoms with Crippen molar-refractivity contribution in [1.29, 1.82) is 0 Å². The van der Waals surface area contributed by atoms with Crippen LogP contribution in [0.5, 0.6) is 0 Å². The summed E-state index contributed by atoms with van der Waals surface area (Å²) in [5, 5.41) is 0. The monoisotopic (exact) mass is 296 g/mol. The normalized spacial score (nSPS) is 21.6.